The van der Waals surface area contributed by atoms with Crippen LogP contribution in [-0.2, 0) is 4.79 Å². The van der Waals surface area contributed by atoms with E-state index in [9.17, 15) is 9.59 Å². The van der Waals surface area contributed by atoms with E-state index >= 15 is 0 Å². The van der Waals surface area contributed by atoms with Crippen LogP contribution in [0.2, 0.25) is 5.02 Å². The van der Waals surface area contributed by atoms with E-state index in [0.717, 1.165) is 28.6 Å². The minimum absolute atomic E-state index is 0.104. The van der Waals surface area contributed by atoms with Gasteiger partial charge in [-0.3, -0.25) is 9.59 Å². The number of nitrogens with zero attached hydrogens (tertiary/aromatic N) is 3. The van der Waals surface area contributed by atoms with E-state index in [1.54, 1.807) is 22.9 Å². The van der Waals surface area contributed by atoms with Gasteiger partial charge < -0.3 is 10.3 Å². The highest BCUT2D eigenvalue weighted by Crippen LogP contribution is 2.21. The molecule has 2 heterocycles. The molecule has 0 atom stereocenters. The second-order valence-electron chi connectivity index (χ2n) is 6.80. The van der Waals surface area contributed by atoms with E-state index in [2.05, 4.69) is 20.4 Å². The van der Waals surface area contributed by atoms with Gasteiger partial charge >= 0.3 is 0 Å². The van der Waals surface area contributed by atoms with E-state index in [4.69, 9.17) is 11.6 Å². The summed E-state index contributed by atoms with van der Waals surface area (Å²) in [6, 6.07) is 12.9. The molecular weight excluding hydrogens is 422 g/mol. The minimum Gasteiger partial charge on any atom is -0.325 e. The number of aryl methyl sites for hydroxylation is 2. The van der Waals surface area contributed by atoms with E-state index in [1.165, 1.54) is 6.20 Å². The van der Waals surface area contributed by atoms with E-state index < -0.39 is 0 Å². The number of aromatic nitrogens is 4. The lowest BCUT2D eigenvalue weighted by Gasteiger charge is -2.09. The number of anilines is 1. The van der Waals surface area contributed by atoms with Crippen LogP contribution in [0.1, 0.15) is 11.1 Å². The molecule has 4 aromatic rings. The smallest absolute Gasteiger partial charge is 0.262 e. The van der Waals surface area contributed by atoms with Crippen LogP contribution in [0, 0.1) is 13.8 Å². The zero-order chi connectivity index (χ0) is 21.3. The Morgan fingerprint density at radius 1 is 1.23 bits per heavy atom. The van der Waals surface area contributed by atoms with Crippen molar-refractivity contribution in [3.8, 4) is 5.69 Å². The number of nitrogens with one attached hydrogen (secondary N) is 2. The molecule has 2 N–H and O–H groups in total. The van der Waals surface area contributed by atoms with Crippen LogP contribution in [0.3, 0.4) is 0 Å². The van der Waals surface area contributed by atoms with Crippen molar-refractivity contribution in [2.45, 2.75) is 19.0 Å². The maximum Gasteiger partial charge on any atom is 0.262 e. The molecule has 0 fully saturated rings. The summed E-state index contributed by atoms with van der Waals surface area (Å²) >= 11 is 7.22. The molecule has 9 heteroatoms. The Bertz CT molecular complexity index is 1310. The fourth-order valence-electron chi connectivity index (χ4n) is 3.04. The lowest BCUT2D eigenvalue weighted by molar-refractivity contribution is -0.113. The normalized spacial score (nSPS) is 11.0. The average molecular weight is 440 g/mol. The molecule has 4 rings (SSSR count). The lowest BCUT2D eigenvalue weighted by atomic mass is 10.1. The molecule has 0 saturated heterocycles. The SMILES string of the molecule is Cc1ccc(NC(=O)CSc2nc3c(cnn3-c3cccc(Cl)c3)c(=O)[nH]2)c(C)c1. The molecule has 0 saturated carbocycles. The Morgan fingerprint density at radius 3 is 2.83 bits per heavy atom. The standard InChI is InChI=1S/C21H18ClN5O2S/c1-12-6-7-17(13(2)8-12)24-18(28)11-30-21-25-19-16(20(29)26-21)10-23-27(19)15-5-3-4-14(22)9-15/h3-10H,11H2,1-2H3,(H,24,28)(H,25,26,29). The predicted molar refractivity (Wildman–Crippen MR) is 120 cm³/mol. The van der Waals surface area contributed by atoms with Gasteiger partial charge in [-0.1, -0.05) is 47.1 Å². The topological polar surface area (TPSA) is 92.7 Å². The second kappa shape index (κ2) is 8.33. The first-order valence-electron chi connectivity index (χ1n) is 9.14. The summed E-state index contributed by atoms with van der Waals surface area (Å²) in [6.45, 7) is 3.94. The van der Waals surface area contributed by atoms with Crippen molar-refractivity contribution < 1.29 is 4.79 Å². The molecule has 152 valence electrons. The molecular formula is C21H18ClN5O2S. The van der Waals surface area contributed by atoms with Gasteiger partial charge in [0.25, 0.3) is 5.56 Å². The van der Waals surface area contributed by atoms with E-state index in [-0.39, 0.29) is 17.2 Å². The Kier molecular flexibility index (Phi) is 5.61. The van der Waals surface area contributed by atoms with Crippen molar-refractivity contribution in [1.82, 2.24) is 19.7 Å². The fourth-order valence-corrected chi connectivity index (χ4v) is 3.88. The molecule has 0 bridgehead atoms. The molecule has 0 unspecified atom stereocenters. The van der Waals surface area contributed by atoms with E-state index in [1.807, 2.05) is 38.1 Å². The second-order valence-corrected chi connectivity index (χ2v) is 8.20. The van der Waals surface area contributed by atoms with Crippen LogP contribution in [-0.4, -0.2) is 31.4 Å². The molecule has 0 spiro atoms. The number of H-pyrrole nitrogens is 1. The van der Waals surface area contributed by atoms with E-state index in [0.29, 0.717) is 26.9 Å². The molecule has 0 aliphatic heterocycles. The van der Waals surface area contributed by atoms with Gasteiger partial charge in [0.1, 0.15) is 5.39 Å². The van der Waals surface area contributed by atoms with Crippen molar-refractivity contribution in [2.24, 2.45) is 0 Å². The van der Waals surface area contributed by atoms with Gasteiger partial charge in [-0.15, -0.1) is 0 Å². The number of hydrogen-bond donors (Lipinski definition) is 2. The summed E-state index contributed by atoms with van der Waals surface area (Å²) in [5.41, 5.74) is 3.67. The number of benzene rings is 2. The quantitative estimate of drug-likeness (QED) is 0.360. The van der Waals surface area contributed by atoms with Crippen LogP contribution in [0.4, 0.5) is 5.69 Å². The Hall–Kier alpha value is -3.10. The Morgan fingerprint density at radius 2 is 2.07 bits per heavy atom. The number of carbonyl (C=O) groups is 1. The number of carbonyl (C=O) groups excluding carboxylic acids is 1. The number of hydrogen-bond acceptors (Lipinski definition) is 5. The first kappa shape index (κ1) is 20.2. The number of halogens is 1. The first-order valence-corrected chi connectivity index (χ1v) is 10.5. The highest BCUT2D eigenvalue weighted by molar-refractivity contribution is 7.99. The van der Waals surface area contributed by atoms with Crippen LogP contribution >= 0.6 is 23.4 Å². The molecule has 0 aliphatic rings. The highest BCUT2D eigenvalue weighted by atomic mass is 35.5. The molecule has 2 aromatic carbocycles. The highest BCUT2D eigenvalue weighted by Gasteiger charge is 2.13. The summed E-state index contributed by atoms with van der Waals surface area (Å²) in [4.78, 5) is 32.0. The van der Waals surface area contributed by atoms with Gasteiger partial charge in [0.15, 0.2) is 10.8 Å². The summed E-state index contributed by atoms with van der Waals surface area (Å²) in [6.07, 6.45) is 1.46. The van der Waals surface area contributed by atoms with Gasteiger partial charge in [-0.25, -0.2) is 9.67 Å². The van der Waals surface area contributed by atoms with Crippen LogP contribution in [0.15, 0.2) is 58.6 Å². The maximum atomic E-state index is 12.4. The summed E-state index contributed by atoms with van der Waals surface area (Å²) in [7, 11) is 0. The molecule has 1 amide bonds. The third-order valence-electron chi connectivity index (χ3n) is 4.47. The van der Waals surface area contributed by atoms with Gasteiger partial charge in [-0.2, -0.15) is 5.10 Å². The average Bonchev–Trinajstić information content (AvgIpc) is 3.13. The molecule has 0 aliphatic carbocycles. The number of rotatable bonds is 5. The van der Waals surface area contributed by atoms with Gasteiger partial charge in [0.05, 0.1) is 17.6 Å². The monoisotopic (exact) mass is 439 g/mol. The van der Waals surface area contributed by atoms with Crippen LogP contribution < -0.4 is 10.9 Å². The van der Waals surface area contributed by atoms with Gasteiger partial charge in [0.2, 0.25) is 5.91 Å². The summed E-state index contributed by atoms with van der Waals surface area (Å²) < 4.78 is 1.55. The van der Waals surface area contributed by atoms with Gasteiger partial charge in [0, 0.05) is 10.7 Å². The fraction of sp³-hybridized carbons (Fsp3) is 0.143. The van der Waals surface area contributed by atoms with Gasteiger partial charge in [-0.05, 0) is 43.7 Å². The summed E-state index contributed by atoms with van der Waals surface area (Å²) in [5.74, 6) is -0.0781. The summed E-state index contributed by atoms with van der Waals surface area (Å²) in [5, 5.41) is 8.40. The van der Waals surface area contributed by atoms with Crippen LogP contribution in [0.25, 0.3) is 16.7 Å². The first-order chi connectivity index (χ1) is 14.4. The number of amides is 1. The number of aromatic amines is 1. The molecule has 0 radical (unpaired) electrons. The third kappa shape index (κ3) is 4.24. The molecule has 7 nitrogen and oxygen atoms in total. The zero-order valence-corrected chi connectivity index (χ0v) is 17.8. The minimum atomic E-state index is -0.314. The third-order valence-corrected chi connectivity index (χ3v) is 5.57. The van der Waals surface area contributed by atoms with Crippen molar-refractivity contribution in [1.29, 1.82) is 0 Å². The molecule has 2 aromatic heterocycles. The van der Waals surface area contributed by atoms with Crippen molar-refractivity contribution in [3.05, 3.63) is 75.2 Å². The van der Waals surface area contributed by atoms with Crippen molar-refractivity contribution >= 4 is 46.0 Å². The largest absolute Gasteiger partial charge is 0.325 e. The van der Waals surface area contributed by atoms with Crippen molar-refractivity contribution in [3.63, 3.8) is 0 Å². The Balaban J connectivity index is 1.55. The maximum absolute atomic E-state index is 12.4. The lowest BCUT2D eigenvalue weighted by Crippen LogP contribution is -2.16. The number of thioether (sulfide) groups is 1. The zero-order valence-electron chi connectivity index (χ0n) is 16.3. The van der Waals surface area contributed by atoms with Crippen LogP contribution in [0.5, 0.6) is 0 Å². The predicted octanol–water partition coefficient (Wildman–Crippen LogP) is 4.11. The Labute approximate surface area is 181 Å². The van der Waals surface area contributed by atoms with Crippen molar-refractivity contribution in [2.75, 3.05) is 11.1 Å². The molecule has 30 heavy (non-hydrogen) atoms. The number of fused-ring (bicyclic) bond motifs is 1.